The van der Waals surface area contributed by atoms with Gasteiger partial charge in [0.05, 0.1) is 16.8 Å². The highest BCUT2D eigenvalue weighted by atomic mass is 19.2. The molecule has 0 atom stereocenters. The second kappa shape index (κ2) is 9.60. The van der Waals surface area contributed by atoms with Gasteiger partial charge in [0.15, 0.2) is 23.3 Å². The molecule has 8 heteroatoms. The highest BCUT2D eigenvalue weighted by Crippen LogP contribution is 2.39. The number of azide groups is 1. The fourth-order valence-electron chi connectivity index (χ4n) is 4.18. The molecule has 5 aromatic rings. The van der Waals surface area contributed by atoms with E-state index < -0.39 is 34.5 Å². The molecule has 0 N–H and O–H groups in total. The number of fused-ring (bicyclic) bond motifs is 1. The molecule has 0 fully saturated rings. The lowest BCUT2D eigenvalue weighted by Gasteiger charge is -2.14. The van der Waals surface area contributed by atoms with Crippen LogP contribution in [0.5, 0.6) is 0 Å². The Morgan fingerprint density at radius 2 is 1.41 bits per heavy atom. The van der Waals surface area contributed by atoms with E-state index in [4.69, 9.17) is 5.53 Å². The molecule has 0 aliphatic heterocycles. The van der Waals surface area contributed by atoms with Crippen molar-refractivity contribution in [1.29, 1.82) is 0 Å². The minimum atomic E-state index is -1.80. The van der Waals surface area contributed by atoms with Crippen LogP contribution in [0.3, 0.4) is 0 Å². The summed E-state index contributed by atoms with van der Waals surface area (Å²) >= 11 is 0. The summed E-state index contributed by atoms with van der Waals surface area (Å²) in [5, 5.41) is 3.43. The lowest BCUT2D eigenvalue weighted by atomic mass is 9.95. The van der Waals surface area contributed by atoms with Crippen molar-refractivity contribution >= 4 is 22.7 Å². The van der Waals surface area contributed by atoms with E-state index in [0.717, 1.165) is 16.7 Å². The Balaban J connectivity index is 1.78. The molecule has 0 spiro atoms. The van der Waals surface area contributed by atoms with E-state index in [-0.39, 0.29) is 5.69 Å². The van der Waals surface area contributed by atoms with Gasteiger partial charge in [-0.2, -0.15) is 0 Å². The standard InChI is InChI=1S/C29H16F4N4/c1-2-16-8-10-17(11-9-16)19-12-13-22-21(14-19)20(18-6-4-3-5-7-18)15-23(35-22)24-25(30)27(32)29(36-37-34)28(33)26(24)31/h2-15H,1H2. The second-order valence-corrected chi connectivity index (χ2v) is 8.15. The van der Waals surface area contributed by atoms with Crippen LogP contribution in [-0.2, 0) is 0 Å². The van der Waals surface area contributed by atoms with Crippen molar-refractivity contribution in [3.63, 3.8) is 0 Å². The molecule has 0 radical (unpaired) electrons. The van der Waals surface area contributed by atoms with Gasteiger partial charge in [0.2, 0.25) is 0 Å². The lowest BCUT2D eigenvalue weighted by Crippen LogP contribution is -2.02. The van der Waals surface area contributed by atoms with E-state index in [1.165, 1.54) is 6.07 Å². The van der Waals surface area contributed by atoms with Crippen LogP contribution in [0.25, 0.3) is 60.9 Å². The predicted molar refractivity (Wildman–Crippen MR) is 137 cm³/mol. The number of nitrogens with zero attached hydrogens (tertiary/aromatic N) is 4. The molecular formula is C29H16F4N4. The van der Waals surface area contributed by atoms with Gasteiger partial charge >= 0.3 is 0 Å². The molecule has 0 saturated carbocycles. The Bertz CT molecular complexity index is 1700. The van der Waals surface area contributed by atoms with Gasteiger partial charge in [0, 0.05) is 10.3 Å². The summed E-state index contributed by atoms with van der Waals surface area (Å²) in [5.41, 5.74) is 10.2. The molecule has 0 aliphatic carbocycles. The first kappa shape index (κ1) is 23.8. The van der Waals surface area contributed by atoms with Gasteiger partial charge in [-0.15, -0.1) is 0 Å². The van der Waals surface area contributed by atoms with Crippen LogP contribution in [0.1, 0.15) is 5.56 Å². The maximum atomic E-state index is 15.0. The number of aromatic nitrogens is 1. The molecule has 4 nitrogen and oxygen atoms in total. The molecule has 0 bridgehead atoms. The van der Waals surface area contributed by atoms with Crippen molar-refractivity contribution in [2.75, 3.05) is 0 Å². The van der Waals surface area contributed by atoms with Crippen molar-refractivity contribution in [3.05, 3.63) is 125 Å². The third kappa shape index (κ3) is 4.20. The summed E-state index contributed by atoms with van der Waals surface area (Å²) in [6.07, 6.45) is 1.74. The van der Waals surface area contributed by atoms with Crippen molar-refractivity contribution in [2.24, 2.45) is 5.11 Å². The molecule has 37 heavy (non-hydrogen) atoms. The summed E-state index contributed by atoms with van der Waals surface area (Å²) in [6, 6.07) is 23.6. The molecule has 180 valence electrons. The maximum Gasteiger partial charge on any atom is 0.172 e. The smallest absolute Gasteiger partial charge is 0.172 e. The minimum Gasteiger partial charge on any atom is -0.248 e. The second-order valence-electron chi connectivity index (χ2n) is 8.15. The highest BCUT2D eigenvalue weighted by molar-refractivity contribution is 5.99. The Morgan fingerprint density at radius 3 is 2.03 bits per heavy atom. The van der Waals surface area contributed by atoms with Crippen LogP contribution in [0.2, 0.25) is 0 Å². The van der Waals surface area contributed by atoms with E-state index in [9.17, 15) is 17.6 Å². The molecule has 5 rings (SSSR count). The summed E-state index contributed by atoms with van der Waals surface area (Å²) in [7, 11) is 0. The SMILES string of the molecule is C=Cc1ccc(-c2ccc3nc(-c4c(F)c(F)c(N=[N+]=[N-])c(F)c4F)cc(-c4ccccc4)c3c2)cc1. The van der Waals surface area contributed by atoms with Gasteiger partial charge in [0.25, 0.3) is 0 Å². The Kier molecular flexibility index (Phi) is 6.17. The average molecular weight is 496 g/mol. The van der Waals surface area contributed by atoms with Crippen LogP contribution < -0.4 is 0 Å². The van der Waals surface area contributed by atoms with Crippen LogP contribution in [0, 0.1) is 23.3 Å². The Labute approximate surface area is 208 Å². The normalized spacial score (nSPS) is 10.8. The molecule has 0 amide bonds. The summed E-state index contributed by atoms with van der Waals surface area (Å²) < 4.78 is 59.0. The van der Waals surface area contributed by atoms with E-state index in [1.807, 2.05) is 48.5 Å². The monoisotopic (exact) mass is 496 g/mol. The van der Waals surface area contributed by atoms with Crippen molar-refractivity contribution < 1.29 is 17.6 Å². The number of hydrogen-bond acceptors (Lipinski definition) is 2. The number of hydrogen-bond donors (Lipinski definition) is 0. The van der Waals surface area contributed by atoms with Crippen LogP contribution >= 0.6 is 0 Å². The van der Waals surface area contributed by atoms with Crippen LogP contribution in [0.4, 0.5) is 23.2 Å². The maximum absolute atomic E-state index is 15.0. The van der Waals surface area contributed by atoms with E-state index in [1.54, 1.807) is 30.3 Å². The highest BCUT2D eigenvalue weighted by Gasteiger charge is 2.27. The molecule has 0 unspecified atom stereocenters. The van der Waals surface area contributed by atoms with Crippen molar-refractivity contribution in [1.82, 2.24) is 4.98 Å². The summed E-state index contributed by atoms with van der Waals surface area (Å²) in [5.74, 6) is -7.00. The predicted octanol–water partition coefficient (Wildman–Crippen LogP) is 9.38. The van der Waals surface area contributed by atoms with Gasteiger partial charge in [-0.05, 0) is 51.5 Å². The number of pyridine rings is 1. The minimum absolute atomic E-state index is 0.310. The zero-order valence-electron chi connectivity index (χ0n) is 19.1. The fourth-order valence-corrected chi connectivity index (χ4v) is 4.18. The van der Waals surface area contributed by atoms with Crippen molar-refractivity contribution in [2.45, 2.75) is 0 Å². The van der Waals surface area contributed by atoms with Gasteiger partial charge in [-0.1, -0.05) is 78.4 Å². The molecular weight excluding hydrogens is 480 g/mol. The number of rotatable bonds is 5. The van der Waals surface area contributed by atoms with Gasteiger partial charge in [-0.25, -0.2) is 22.5 Å². The number of halogens is 4. The number of benzene rings is 4. The van der Waals surface area contributed by atoms with Gasteiger partial charge in [0.1, 0.15) is 5.69 Å². The third-order valence-electron chi connectivity index (χ3n) is 6.01. The molecule has 4 aromatic carbocycles. The summed E-state index contributed by atoms with van der Waals surface area (Å²) in [4.78, 5) is 6.58. The first-order chi connectivity index (χ1) is 17.9. The van der Waals surface area contributed by atoms with Gasteiger partial charge < -0.3 is 0 Å². The van der Waals surface area contributed by atoms with Gasteiger partial charge in [-0.3, -0.25) is 0 Å². The van der Waals surface area contributed by atoms with E-state index in [2.05, 4.69) is 21.6 Å². The van der Waals surface area contributed by atoms with E-state index >= 15 is 0 Å². The Hall–Kier alpha value is -4.94. The average Bonchev–Trinajstić information content (AvgIpc) is 2.94. The Morgan fingerprint density at radius 1 is 0.757 bits per heavy atom. The molecule has 1 heterocycles. The summed E-state index contributed by atoms with van der Waals surface area (Å²) in [6.45, 7) is 3.76. The fraction of sp³-hybridized carbons (Fsp3) is 0. The first-order valence-corrected chi connectivity index (χ1v) is 11.1. The quantitative estimate of drug-likeness (QED) is 0.0786. The molecule has 0 aliphatic rings. The zero-order chi connectivity index (χ0) is 26.1. The largest absolute Gasteiger partial charge is 0.248 e. The molecule has 1 aromatic heterocycles. The first-order valence-electron chi connectivity index (χ1n) is 11.1. The topological polar surface area (TPSA) is 61.7 Å². The van der Waals surface area contributed by atoms with E-state index in [0.29, 0.717) is 22.0 Å². The zero-order valence-corrected chi connectivity index (χ0v) is 19.1. The third-order valence-corrected chi connectivity index (χ3v) is 6.01. The molecule has 0 saturated heterocycles. The van der Waals surface area contributed by atoms with Crippen LogP contribution in [-0.4, -0.2) is 4.98 Å². The van der Waals surface area contributed by atoms with Crippen LogP contribution in [0.15, 0.2) is 90.6 Å². The van der Waals surface area contributed by atoms with Crippen molar-refractivity contribution in [3.8, 4) is 33.5 Å². The lowest BCUT2D eigenvalue weighted by molar-refractivity contribution is 0.461.